The third-order valence-electron chi connectivity index (χ3n) is 4.81. The molecule has 0 saturated heterocycles. The maximum atomic E-state index is 12.4. The predicted molar refractivity (Wildman–Crippen MR) is 118 cm³/mol. The van der Waals surface area contributed by atoms with Crippen molar-refractivity contribution in [1.29, 1.82) is 0 Å². The molecule has 0 bridgehead atoms. The van der Waals surface area contributed by atoms with Gasteiger partial charge < -0.3 is 15.0 Å². The van der Waals surface area contributed by atoms with Gasteiger partial charge in [0.15, 0.2) is 0 Å². The summed E-state index contributed by atoms with van der Waals surface area (Å²) in [6, 6.07) is 7.81. The molecule has 1 amide bonds. The number of carbonyl (C=O) groups is 1. The van der Waals surface area contributed by atoms with E-state index < -0.39 is 0 Å². The summed E-state index contributed by atoms with van der Waals surface area (Å²) < 4.78 is 5.59. The molecule has 0 atom stereocenters. The van der Waals surface area contributed by atoms with E-state index in [2.05, 4.69) is 15.3 Å². The lowest BCUT2D eigenvalue weighted by atomic mass is 10.2. The smallest absolute Gasteiger partial charge is 0.259 e. The van der Waals surface area contributed by atoms with Gasteiger partial charge >= 0.3 is 0 Å². The second-order valence-corrected chi connectivity index (χ2v) is 9.12. The fraction of sp³-hybridized carbons (Fsp3) is 0.381. The number of rotatable bonds is 8. The average Bonchev–Trinajstić information content (AvgIpc) is 3.27. The number of aromatic nitrogens is 2. The van der Waals surface area contributed by atoms with Crippen LogP contribution in [0.3, 0.4) is 0 Å². The van der Waals surface area contributed by atoms with Crippen LogP contribution in [0.5, 0.6) is 5.75 Å². The van der Waals surface area contributed by atoms with Crippen LogP contribution in [0.25, 0.3) is 10.2 Å². The molecule has 0 fully saturated rings. The molecule has 29 heavy (non-hydrogen) atoms. The molecular weight excluding hydrogens is 406 g/mol. The van der Waals surface area contributed by atoms with Crippen LogP contribution >= 0.6 is 23.1 Å². The second kappa shape index (κ2) is 9.00. The molecule has 152 valence electrons. The van der Waals surface area contributed by atoms with Crippen molar-refractivity contribution in [3.8, 4) is 5.75 Å². The van der Waals surface area contributed by atoms with Crippen molar-refractivity contribution in [1.82, 2.24) is 15.3 Å². The van der Waals surface area contributed by atoms with Crippen molar-refractivity contribution in [2.45, 2.75) is 31.9 Å². The number of aromatic amines is 1. The Balaban J connectivity index is 1.21. The standard InChI is InChI=1S/C21H23N3O3S2/c1-13-5-7-14(8-6-13)27-10-9-22-18(25)12-28-11-17-23-20(26)19-15-3-2-4-16(15)29-21(19)24-17/h5-8H,2-4,9-12H2,1H3,(H,22,25)(H,23,24,26). The molecule has 8 heteroatoms. The van der Waals surface area contributed by atoms with E-state index in [9.17, 15) is 9.59 Å². The SMILES string of the molecule is Cc1ccc(OCCNC(=O)CSCc2nc3sc4c(c3c(=O)[nH]2)CCC4)cc1. The lowest BCUT2D eigenvalue weighted by Gasteiger charge is -2.08. The van der Waals surface area contributed by atoms with Gasteiger partial charge in [-0.05, 0) is 43.9 Å². The molecule has 2 N–H and O–H groups in total. The van der Waals surface area contributed by atoms with Crippen LogP contribution in [0, 0.1) is 6.92 Å². The van der Waals surface area contributed by atoms with Gasteiger partial charge in [0.05, 0.1) is 23.4 Å². The molecular formula is C21H23N3O3S2. The Morgan fingerprint density at radius 1 is 1.31 bits per heavy atom. The number of hydrogen-bond acceptors (Lipinski definition) is 6. The normalized spacial score (nSPS) is 12.9. The van der Waals surface area contributed by atoms with Gasteiger partial charge in [0.1, 0.15) is 23.0 Å². The summed E-state index contributed by atoms with van der Waals surface area (Å²) in [5, 5.41) is 3.61. The van der Waals surface area contributed by atoms with Gasteiger partial charge in [0, 0.05) is 4.88 Å². The van der Waals surface area contributed by atoms with Gasteiger partial charge in [-0.3, -0.25) is 9.59 Å². The van der Waals surface area contributed by atoms with E-state index >= 15 is 0 Å². The van der Waals surface area contributed by atoms with Crippen molar-refractivity contribution in [2.75, 3.05) is 18.9 Å². The number of nitrogens with zero attached hydrogens (tertiary/aromatic N) is 1. The van der Waals surface area contributed by atoms with Crippen LogP contribution in [0.15, 0.2) is 29.1 Å². The second-order valence-electron chi connectivity index (χ2n) is 7.05. The number of thioether (sulfide) groups is 1. The Kier molecular flexibility index (Phi) is 6.20. The Bertz CT molecular complexity index is 1070. The van der Waals surface area contributed by atoms with Gasteiger partial charge in [-0.15, -0.1) is 23.1 Å². The zero-order valence-electron chi connectivity index (χ0n) is 16.2. The van der Waals surface area contributed by atoms with Crippen LogP contribution in [0.2, 0.25) is 0 Å². The number of aryl methyl sites for hydroxylation is 3. The quantitative estimate of drug-likeness (QED) is 0.537. The molecule has 2 aromatic heterocycles. The first kappa shape index (κ1) is 20.0. The Hall–Kier alpha value is -2.32. The van der Waals surface area contributed by atoms with Crippen molar-refractivity contribution < 1.29 is 9.53 Å². The first-order valence-electron chi connectivity index (χ1n) is 9.67. The molecule has 1 aliphatic carbocycles. The van der Waals surface area contributed by atoms with E-state index in [0.29, 0.717) is 30.5 Å². The van der Waals surface area contributed by atoms with Gasteiger partial charge in [-0.25, -0.2) is 4.98 Å². The maximum Gasteiger partial charge on any atom is 0.259 e. The highest BCUT2D eigenvalue weighted by molar-refractivity contribution is 7.99. The first-order chi connectivity index (χ1) is 14.1. The minimum atomic E-state index is -0.0546. The third kappa shape index (κ3) is 4.82. The minimum Gasteiger partial charge on any atom is -0.492 e. The number of amides is 1. The number of carbonyl (C=O) groups excluding carboxylic acids is 1. The Morgan fingerprint density at radius 3 is 2.97 bits per heavy atom. The summed E-state index contributed by atoms with van der Waals surface area (Å²) in [4.78, 5) is 34.0. The van der Waals surface area contributed by atoms with Crippen molar-refractivity contribution in [3.05, 3.63) is 56.4 Å². The maximum absolute atomic E-state index is 12.4. The molecule has 0 saturated carbocycles. The van der Waals surface area contributed by atoms with E-state index in [-0.39, 0.29) is 11.5 Å². The molecule has 1 aromatic carbocycles. The molecule has 2 heterocycles. The largest absolute Gasteiger partial charge is 0.492 e. The zero-order chi connectivity index (χ0) is 20.2. The first-order valence-corrected chi connectivity index (χ1v) is 11.6. The highest BCUT2D eigenvalue weighted by Crippen LogP contribution is 2.34. The number of thiophene rings is 1. The van der Waals surface area contributed by atoms with E-state index in [1.54, 1.807) is 11.3 Å². The van der Waals surface area contributed by atoms with Crippen LogP contribution in [-0.2, 0) is 23.4 Å². The van der Waals surface area contributed by atoms with Crippen LogP contribution in [0.1, 0.15) is 28.2 Å². The monoisotopic (exact) mass is 429 g/mol. The summed E-state index contributed by atoms with van der Waals surface area (Å²) in [6.45, 7) is 2.90. The molecule has 6 nitrogen and oxygen atoms in total. The number of nitrogens with one attached hydrogen (secondary N) is 2. The molecule has 0 spiro atoms. The van der Waals surface area contributed by atoms with Gasteiger partial charge in [-0.1, -0.05) is 17.7 Å². The van der Waals surface area contributed by atoms with Gasteiger partial charge in [0.25, 0.3) is 5.56 Å². The molecule has 0 aliphatic heterocycles. The highest BCUT2D eigenvalue weighted by atomic mass is 32.2. The predicted octanol–water partition coefficient (Wildman–Crippen LogP) is 3.21. The molecule has 4 rings (SSSR count). The van der Waals surface area contributed by atoms with E-state index in [1.807, 2.05) is 31.2 Å². The van der Waals surface area contributed by atoms with Crippen molar-refractivity contribution >= 4 is 39.2 Å². The third-order valence-corrected chi connectivity index (χ3v) is 6.94. The summed E-state index contributed by atoms with van der Waals surface area (Å²) in [7, 11) is 0. The van der Waals surface area contributed by atoms with Crippen LogP contribution in [-0.4, -0.2) is 34.8 Å². The minimum absolute atomic E-state index is 0.0530. The summed E-state index contributed by atoms with van der Waals surface area (Å²) in [6.07, 6.45) is 3.15. The topological polar surface area (TPSA) is 84.1 Å². The van der Waals surface area contributed by atoms with E-state index in [0.717, 1.165) is 35.2 Å². The molecule has 0 radical (unpaired) electrons. The summed E-state index contributed by atoms with van der Waals surface area (Å²) in [5.41, 5.74) is 2.31. The zero-order valence-corrected chi connectivity index (χ0v) is 17.9. The number of H-pyrrole nitrogens is 1. The van der Waals surface area contributed by atoms with Crippen molar-refractivity contribution in [2.24, 2.45) is 0 Å². The highest BCUT2D eigenvalue weighted by Gasteiger charge is 2.21. The molecule has 3 aromatic rings. The average molecular weight is 430 g/mol. The van der Waals surface area contributed by atoms with E-state index in [1.165, 1.54) is 27.8 Å². The fourth-order valence-corrected chi connectivity index (χ4v) is 5.40. The number of hydrogen-bond donors (Lipinski definition) is 2. The number of fused-ring (bicyclic) bond motifs is 3. The number of ether oxygens (including phenoxy) is 1. The molecule has 0 unspecified atom stereocenters. The van der Waals surface area contributed by atoms with Crippen LogP contribution < -0.4 is 15.6 Å². The van der Waals surface area contributed by atoms with Crippen LogP contribution in [0.4, 0.5) is 0 Å². The van der Waals surface area contributed by atoms with Gasteiger partial charge in [0.2, 0.25) is 5.91 Å². The lowest BCUT2D eigenvalue weighted by molar-refractivity contribution is -0.118. The van der Waals surface area contributed by atoms with E-state index in [4.69, 9.17) is 4.74 Å². The summed E-state index contributed by atoms with van der Waals surface area (Å²) >= 11 is 3.07. The fourth-order valence-electron chi connectivity index (χ4n) is 3.40. The Morgan fingerprint density at radius 2 is 2.14 bits per heavy atom. The lowest BCUT2D eigenvalue weighted by Crippen LogP contribution is -2.29. The summed E-state index contributed by atoms with van der Waals surface area (Å²) in [5.74, 6) is 2.18. The van der Waals surface area contributed by atoms with Gasteiger partial charge in [-0.2, -0.15) is 0 Å². The number of benzene rings is 1. The van der Waals surface area contributed by atoms with Crippen molar-refractivity contribution in [3.63, 3.8) is 0 Å². The molecule has 1 aliphatic rings. The Labute approximate surface area is 177 Å².